The molecule has 1 aromatic heterocycles. The Morgan fingerprint density at radius 2 is 2.17 bits per heavy atom. The maximum absolute atomic E-state index is 14.8. The van der Waals surface area contributed by atoms with Crippen molar-refractivity contribution in [1.82, 2.24) is 5.16 Å². The number of allylic oxidation sites excluding steroid dienone is 1. The van der Waals surface area contributed by atoms with Crippen LogP contribution in [-0.2, 0) is 4.74 Å². The lowest BCUT2D eigenvalue weighted by molar-refractivity contribution is 0.102. The molecule has 0 bridgehead atoms. The van der Waals surface area contributed by atoms with Gasteiger partial charge in [0.2, 0.25) is 0 Å². The largest absolute Gasteiger partial charge is 0.471 e. The summed E-state index contributed by atoms with van der Waals surface area (Å²) in [5.41, 5.74) is 2.81. The van der Waals surface area contributed by atoms with E-state index in [1.807, 2.05) is 11.8 Å². The summed E-state index contributed by atoms with van der Waals surface area (Å²) in [5, 5.41) is 3.64. The summed E-state index contributed by atoms with van der Waals surface area (Å²) in [4.78, 5) is 19.1. The summed E-state index contributed by atoms with van der Waals surface area (Å²) < 4.78 is 30.2. The highest BCUT2D eigenvalue weighted by atomic mass is 19.1. The normalized spacial score (nSPS) is 18.9. The lowest BCUT2D eigenvalue weighted by Gasteiger charge is -2.31. The van der Waals surface area contributed by atoms with Gasteiger partial charge in [-0.25, -0.2) is 14.0 Å². The van der Waals surface area contributed by atoms with E-state index < -0.39 is 18.0 Å². The molecule has 1 amide bonds. The molecular weight excluding hydrogens is 391 g/mol. The van der Waals surface area contributed by atoms with Gasteiger partial charge in [0.25, 0.3) is 5.88 Å². The van der Waals surface area contributed by atoms with Crippen molar-refractivity contribution in [2.75, 3.05) is 36.0 Å². The molecule has 9 heteroatoms. The van der Waals surface area contributed by atoms with Gasteiger partial charge < -0.3 is 18.9 Å². The Morgan fingerprint density at radius 3 is 2.83 bits per heavy atom. The smallest absolute Gasteiger partial charge is 0.414 e. The molecule has 1 aromatic carbocycles. The summed E-state index contributed by atoms with van der Waals surface area (Å²) in [6.45, 7) is 10.7. The fourth-order valence-electron chi connectivity index (χ4n) is 3.65. The third kappa shape index (κ3) is 4.08. The van der Waals surface area contributed by atoms with Gasteiger partial charge in [-0.2, -0.15) is 0 Å². The van der Waals surface area contributed by atoms with Crippen LogP contribution >= 0.6 is 0 Å². The maximum Gasteiger partial charge on any atom is 0.414 e. The summed E-state index contributed by atoms with van der Waals surface area (Å²) >= 11 is 0. The first-order valence-corrected chi connectivity index (χ1v) is 9.67. The Labute approximate surface area is 173 Å². The number of amides is 1. The Hall–Kier alpha value is -3.54. The van der Waals surface area contributed by atoms with Crippen molar-refractivity contribution in [2.45, 2.75) is 25.9 Å². The number of cyclic esters (lactones) is 1. The Kier molecular flexibility index (Phi) is 5.57. The van der Waals surface area contributed by atoms with Crippen LogP contribution < -0.4 is 14.5 Å². The minimum Gasteiger partial charge on any atom is -0.471 e. The number of halogens is 1. The van der Waals surface area contributed by atoms with Crippen LogP contribution in [0, 0.1) is 12.4 Å². The van der Waals surface area contributed by atoms with Gasteiger partial charge >= 0.3 is 6.09 Å². The second kappa shape index (κ2) is 8.45. The molecule has 0 N–H and O–H groups in total. The number of hydrogen-bond acceptors (Lipinski definition) is 6. The van der Waals surface area contributed by atoms with E-state index in [2.05, 4.69) is 14.5 Å². The number of aromatic nitrogens is 1. The number of benzene rings is 1. The van der Waals surface area contributed by atoms with Crippen LogP contribution in [0.1, 0.15) is 19.8 Å². The van der Waals surface area contributed by atoms with Crippen LogP contribution in [0.4, 0.5) is 20.6 Å². The molecule has 3 heterocycles. The summed E-state index contributed by atoms with van der Waals surface area (Å²) in [5.74, 6) is -0.0806. The van der Waals surface area contributed by atoms with E-state index in [9.17, 15) is 9.18 Å². The number of carbonyl (C=O) groups is 1. The van der Waals surface area contributed by atoms with E-state index in [0.29, 0.717) is 30.3 Å². The fourth-order valence-corrected chi connectivity index (χ4v) is 3.65. The van der Waals surface area contributed by atoms with Crippen LogP contribution in [0.5, 0.6) is 5.88 Å². The third-order valence-electron chi connectivity index (χ3n) is 5.34. The predicted octanol–water partition coefficient (Wildman–Crippen LogP) is 4.01. The number of nitrogens with zero attached hydrogens (tertiary/aromatic N) is 4. The maximum atomic E-state index is 14.8. The molecule has 2 saturated heterocycles. The molecule has 30 heavy (non-hydrogen) atoms. The highest BCUT2D eigenvalue weighted by molar-refractivity contribution is 5.90. The SMILES string of the molecule is [C-]#[N+]C(C)=C1CCN(c2ccc(N3C[C@H](COc4ccon4)OC3=O)cc2F)CC1. The van der Waals surface area contributed by atoms with Gasteiger partial charge in [0.15, 0.2) is 11.8 Å². The average molecular weight is 412 g/mol. The van der Waals surface area contributed by atoms with Crippen molar-refractivity contribution in [2.24, 2.45) is 0 Å². The minimum absolute atomic E-state index is 0.128. The van der Waals surface area contributed by atoms with E-state index in [4.69, 9.17) is 16.0 Å². The van der Waals surface area contributed by atoms with Crippen LogP contribution in [0.3, 0.4) is 0 Å². The molecule has 2 aliphatic heterocycles. The molecule has 8 nitrogen and oxygen atoms in total. The monoisotopic (exact) mass is 412 g/mol. The molecule has 2 fully saturated rings. The molecule has 0 aliphatic carbocycles. The second-order valence-corrected chi connectivity index (χ2v) is 7.19. The summed E-state index contributed by atoms with van der Waals surface area (Å²) in [7, 11) is 0. The Bertz CT molecular complexity index is 989. The molecule has 0 saturated carbocycles. The van der Waals surface area contributed by atoms with Gasteiger partial charge in [-0.15, -0.1) is 0 Å². The quantitative estimate of drug-likeness (QED) is 0.691. The van der Waals surface area contributed by atoms with Crippen molar-refractivity contribution < 1.29 is 23.2 Å². The van der Waals surface area contributed by atoms with E-state index in [1.165, 1.54) is 17.2 Å². The molecule has 0 radical (unpaired) electrons. The summed E-state index contributed by atoms with van der Waals surface area (Å²) in [6, 6.07) is 6.32. The second-order valence-electron chi connectivity index (χ2n) is 7.19. The lowest BCUT2D eigenvalue weighted by atomic mass is 10.0. The Morgan fingerprint density at radius 1 is 1.37 bits per heavy atom. The zero-order valence-corrected chi connectivity index (χ0v) is 16.5. The number of ether oxygens (including phenoxy) is 2. The van der Waals surface area contributed by atoms with Crippen LogP contribution in [0.2, 0.25) is 0 Å². The molecule has 156 valence electrons. The first-order chi connectivity index (χ1) is 14.5. The standard InChI is InChI=1S/C21H21FN4O4/c1-14(23-2)15-5-8-25(9-6-15)19-4-3-16(11-18(19)22)26-12-17(30-21(26)27)13-28-20-7-10-29-24-20/h3-4,7,10-11,17H,5-6,8-9,12-13H2,1H3/t17-/m1/s1. The van der Waals surface area contributed by atoms with E-state index in [0.717, 1.165) is 24.1 Å². The van der Waals surface area contributed by atoms with Crippen molar-refractivity contribution >= 4 is 17.5 Å². The van der Waals surface area contributed by atoms with Crippen molar-refractivity contribution in [1.29, 1.82) is 0 Å². The molecule has 2 aromatic rings. The van der Waals surface area contributed by atoms with Crippen molar-refractivity contribution in [3.8, 4) is 5.88 Å². The molecule has 2 aliphatic rings. The predicted molar refractivity (Wildman–Crippen MR) is 107 cm³/mol. The van der Waals surface area contributed by atoms with Gasteiger partial charge in [0, 0.05) is 19.2 Å². The highest BCUT2D eigenvalue weighted by Crippen LogP contribution is 2.31. The van der Waals surface area contributed by atoms with Crippen molar-refractivity contribution in [3.05, 3.63) is 59.0 Å². The first kappa shape index (κ1) is 19.8. The number of piperidine rings is 1. The van der Waals surface area contributed by atoms with Gasteiger partial charge in [0.1, 0.15) is 18.7 Å². The number of anilines is 2. The molecular formula is C21H21FN4O4. The van der Waals surface area contributed by atoms with E-state index in [-0.39, 0.29) is 13.2 Å². The van der Waals surface area contributed by atoms with Crippen LogP contribution in [0.15, 0.2) is 46.3 Å². The van der Waals surface area contributed by atoms with E-state index in [1.54, 1.807) is 18.2 Å². The third-order valence-corrected chi connectivity index (χ3v) is 5.34. The lowest BCUT2D eigenvalue weighted by Crippen LogP contribution is -2.32. The number of carbonyl (C=O) groups excluding carboxylic acids is 1. The molecule has 0 unspecified atom stereocenters. The van der Waals surface area contributed by atoms with Crippen molar-refractivity contribution in [3.63, 3.8) is 0 Å². The topological polar surface area (TPSA) is 72.4 Å². The fraction of sp³-hybridized carbons (Fsp3) is 0.381. The molecule has 1 atom stereocenters. The van der Waals surface area contributed by atoms with Crippen LogP contribution in [0.25, 0.3) is 4.85 Å². The minimum atomic E-state index is -0.543. The zero-order valence-electron chi connectivity index (χ0n) is 16.5. The first-order valence-electron chi connectivity index (χ1n) is 9.67. The van der Waals surface area contributed by atoms with E-state index >= 15 is 0 Å². The average Bonchev–Trinajstić information content (AvgIpc) is 3.41. The molecule has 4 rings (SSSR count). The highest BCUT2D eigenvalue weighted by Gasteiger charge is 2.33. The zero-order chi connectivity index (χ0) is 21.1. The number of rotatable bonds is 5. The Balaban J connectivity index is 1.40. The van der Waals surface area contributed by atoms with Gasteiger partial charge in [-0.3, -0.25) is 4.90 Å². The van der Waals surface area contributed by atoms with Gasteiger partial charge in [-0.05, 0) is 43.1 Å². The van der Waals surface area contributed by atoms with Gasteiger partial charge in [-0.1, -0.05) is 5.57 Å². The summed E-state index contributed by atoms with van der Waals surface area (Å²) in [6.07, 6.45) is 1.85. The van der Waals surface area contributed by atoms with Gasteiger partial charge in [0.05, 0.1) is 24.5 Å². The van der Waals surface area contributed by atoms with Crippen LogP contribution in [-0.4, -0.2) is 43.6 Å². The molecule has 0 spiro atoms. The number of hydrogen-bond donors (Lipinski definition) is 0.